The van der Waals surface area contributed by atoms with Crippen molar-refractivity contribution in [1.29, 1.82) is 0 Å². The van der Waals surface area contributed by atoms with Gasteiger partial charge in [-0.1, -0.05) is 37.3 Å². The molecule has 0 unspecified atom stereocenters. The Morgan fingerprint density at radius 1 is 1.13 bits per heavy atom. The van der Waals surface area contributed by atoms with E-state index in [1.165, 1.54) is 11.7 Å². The van der Waals surface area contributed by atoms with Crippen molar-refractivity contribution >= 4 is 11.9 Å². The number of hydrogen-bond acceptors (Lipinski definition) is 3. The molecule has 0 aliphatic heterocycles. The van der Waals surface area contributed by atoms with Gasteiger partial charge in [-0.2, -0.15) is 0 Å². The SMILES string of the molecule is CCc1c(C(=O)O)c(-c2ccccc2)c(C(=O)O)n1CCOC. The van der Waals surface area contributed by atoms with E-state index in [0.717, 1.165) is 0 Å². The van der Waals surface area contributed by atoms with Crippen LogP contribution >= 0.6 is 0 Å². The zero-order valence-corrected chi connectivity index (χ0v) is 13.1. The molecule has 1 aromatic carbocycles. The summed E-state index contributed by atoms with van der Waals surface area (Å²) in [5.41, 5.74) is 1.35. The van der Waals surface area contributed by atoms with Crippen LogP contribution in [0.5, 0.6) is 0 Å². The van der Waals surface area contributed by atoms with E-state index in [1.54, 1.807) is 30.3 Å². The Labute approximate surface area is 133 Å². The molecule has 2 N–H and O–H groups in total. The summed E-state index contributed by atoms with van der Waals surface area (Å²) in [5.74, 6) is -2.28. The first kappa shape index (κ1) is 16.8. The Balaban J connectivity index is 2.83. The van der Waals surface area contributed by atoms with Gasteiger partial charge in [-0.05, 0) is 12.0 Å². The van der Waals surface area contributed by atoms with Crippen molar-refractivity contribution in [3.63, 3.8) is 0 Å². The normalized spacial score (nSPS) is 10.7. The first-order chi connectivity index (χ1) is 11.0. The fraction of sp³-hybridized carbons (Fsp3) is 0.294. The van der Waals surface area contributed by atoms with Gasteiger partial charge in [0.15, 0.2) is 0 Å². The number of ether oxygens (including phenoxy) is 1. The largest absolute Gasteiger partial charge is 0.478 e. The van der Waals surface area contributed by atoms with Crippen LogP contribution in [0.2, 0.25) is 0 Å². The van der Waals surface area contributed by atoms with Crippen LogP contribution in [0, 0.1) is 0 Å². The van der Waals surface area contributed by atoms with Gasteiger partial charge in [-0.25, -0.2) is 9.59 Å². The molecule has 1 aromatic heterocycles. The average Bonchev–Trinajstić information content (AvgIpc) is 2.88. The standard InChI is InChI=1S/C17H19NO5/c1-3-12-14(16(19)20)13(11-7-5-4-6-8-11)15(17(21)22)18(12)9-10-23-2/h4-8H,3,9-10H2,1-2H3,(H,19,20)(H,21,22). The maximum absolute atomic E-state index is 11.8. The fourth-order valence-corrected chi connectivity index (χ4v) is 2.80. The molecule has 0 aliphatic carbocycles. The van der Waals surface area contributed by atoms with Crippen molar-refractivity contribution in [2.75, 3.05) is 13.7 Å². The summed E-state index contributed by atoms with van der Waals surface area (Å²) in [6.07, 6.45) is 0.415. The molecule has 0 atom stereocenters. The van der Waals surface area contributed by atoms with Gasteiger partial charge in [0.25, 0.3) is 0 Å². The third-order valence-electron chi connectivity index (χ3n) is 3.70. The summed E-state index contributed by atoms with van der Waals surface area (Å²) in [5, 5.41) is 19.3. The van der Waals surface area contributed by atoms with E-state index in [9.17, 15) is 19.8 Å². The number of carboxylic acids is 2. The molecule has 0 spiro atoms. The number of benzene rings is 1. The third kappa shape index (κ3) is 3.12. The molecule has 6 nitrogen and oxygen atoms in total. The zero-order valence-electron chi connectivity index (χ0n) is 13.1. The highest BCUT2D eigenvalue weighted by atomic mass is 16.5. The zero-order chi connectivity index (χ0) is 17.0. The fourth-order valence-electron chi connectivity index (χ4n) is 2.80. The predicted molar refractivity (Wildman–Crippen MR) is 85.0 cm³/mol. The van der Waals surface area contributed by atoms with Gasteiger partial charge in [0.2, 0.25) is 0 Å². The minimum atomic E-state index is -1.15. The van der Waals surface area contributed by atoms with Crippen LogP contribution in [-0.2, 0) is 17.7 Å². The van der Waals surface area contributed by atoms with Gasteiger partial charge < -0.3 is 19.5 Å². The minimum Gasteiger partial charge on any atom is -0.478 e. The van der Waals surface area contributed by atoms with E-state index in [2.05, 4.69) is 0 Å². The summed E-state index contributed by atoms with van der Waals surface area (Å²) in [6, 6.07) is 8.74. The van der Waals surface area contributed by atoms with Crippen molar-refractivity contribution in [2.24, 2.45) is 0 Å². The Kier molecular flexibility index (Phi) is 5.18. The molecule has 0 fully saturated rings. The van der Waals surface area contributed by atoms with Crippen molar-refractivity contribution < 1.29 is 24.5 Å². The van der Waals surface area contributed by atoms with Crippen LogP contribution in [0.4, 0.5) is 0 Å². The van der Waals surface area contributed by atoms with Crippen LogP contribution in [0.15, 0.2) is 30.3 Å². The van der Waals surface area contributed by atoms with Crippen LogP contribution < -0.4 is 0 Å². The molecule has 2 rings (SSSR count). The van der Waals surface area contributed by atoms with Crippen molar-refractivity contribution in [1.82, 2.24) is 4.57 Å². The molecule has 122 valence electrons. The van der Waals surface area contributed by atoms with Crippen molar-refractivity contribution in [3.8, 4) is 11.1 Å². The summed E-state index contributed by atoms with van der Waals surface area (Å²) in [7, 11) is 1.52. The van der Waals surface area contributed by atoms with Gasteiger partial charge in [0, 0.05) is 24.9 Å². The highest BCUT2D eigenvalue weighted by Gasteiger charge is 2.30. The van der Waals surface area contributed by atoms with E-state index >= 15 is 0 Å². The quantitative estimate of drug-likeness (QED) is 0.819. The lowest BCUT2D eigenvalue weighted by molar-refractivity contribution is 0.0678. The summed E-state index contributed by atoms with van der Waals surface area (Å²) in [4.78, 5) is 23.6. The molecular formula is C17H19NO5. The van der Waals surface area contributed by atoms with Gasteiger partial charge in [-0.15, -0.1) is 0 Å². The second kappa shape index (κ2) is 7.11. The molecule has 0 saturated heterocycles. The first-order valence-corrected chi connectivity index (χ1v) is 7.29. The second-order valence-corrected chi connectivity index (χ2v) is 5.02. The molecule has 6 heteroatoms. The first-order valence-electron chi connectivity index (χ1n) is 7.29. The highest BCUT2D eigenvalue weighted by Crippen LogP contribution is 2.33. The maximum Gasteiger partial charge on any atom is 0.353 e. The maximum atomic E-state index is 11.8. The Morgan fingerprint density at radius 3 is 2.26 bits per heavy atom. The topological polar surface area (TPSA) is 88.8 Å². The number of methoxy groups -OCH3 is 1. The number of nitrogens with zero attached hydrogens (tertiary/aromatic N) is 1. The van der Waals surface area contributed by atoms with E-state index in [1.807, 2.05) is 6.92 Å². The number of aromatic nitrogens is 1. The molecule has 0 aliphatic rings. The summed E-state index contributed by atoms with van der Waals surface area (Å²) < 4.78 is 6.57. The lowest BCUT2D eigenvalue weighted by Crippen LogP contribution is -2.15. The van der Waals surface area contributed by atoms with E-state index in [4.69, 9.17) is 4.74 Å². The summed E-state index contributed by atoms with van der Waals surface area (Å²) in [6.45, 7) is 2.40. The van der Waals surface area contributed by atoms with Crippen molar-refractivity contribution in [3.05, 3.63) is 47.3 Å². The Hall–Kier alpha value is -2.60. The van der Waals surface area contributed by atoms with Crippen LogP contribution in [0.3, 0.4) is 0 Å². The molecule has 0 radical (unpaired) electrons. The summed E-state index contributed by atoms with van der Waals surface area (Å²) >= 11 is 0. The molecule has 1 heterocycles. The lowest BCUT2D eigenvalue weighted by atomic mass is 9.99. The smallest absolute Gasteiger partial charge is 0.353 e. The van der Waals surface area contributed by atoms with Crippen LogP contribution in [-0.4, -0.2) is 40.4 Å². The van der Waals surface area contributed by atoms with E-state index in [-0.39, 0.29) is 23.4 Å². The minimum absolute atomic E-state index is 0.0116. The predicted octanol–water partition coefficient (Wildman–Crippen LogP) is 2.76. The van der Waals surface area contributed by atoms with Gasteiger partial charge in [-0.3, -0.25) is 0 Å². The van der Waals surface area contributed by atoms with E-state index in [0.29, 0.717) is 24.3 Å². The molecule has 0 amide bonds. The average molecular weight is 317 g/mol. The monoisotopic (exact) mass is 317 g/mol. The van der Waals surface area contributed by atoms with Gasteiger partial charge in [0.1, 0.15) is 5.69 Å². The number of carboxylic acid groups (broad SMARTS) is 2. The Bertz CT molecular complexity index is 718. The molecular weight excluding hydrogens is 298 g/mol. The van der Waals surface area contributed by atoms with Gasteiger partial charge in [0.05, 0.1) is 12.2 Å². The molecule has 0 saturated carbocycles. The molecule has 0 bridgehead atoms. The Morgan fingerprint density at radius 2 is 1.78 bits per heavy atom. The van der Waals surface area contributed by atoms with Crippen molar-refractivity contribution in [2.45, 2.75) is 19.9 Å². The molecule has 2 aromatic rings. The third-order valence-corrected chi connectivity index (χ3v) is 3.70. The molecule has 23 heavy (non-hydrogen) atoms. The van der Waals surface area contributed by atoms with Crippen LogP contribution in [0.25, 0.3) is 11.1 Å². The number of rotatable bonds is 7. The van der Waals surface area contributed by atoms with Gasteiger partial charge >= 0.3 is 11.9 Å². The second-order valence-electron chi connectivity index (χ2n) is 5.02. The number of aromatic carboxylic acids is 2. The van der Waals surface area contributed by atoms with Crippen LogP contribution in [0.1, 0.15) is 33.5 Å². The number of hydrogen-bond donors (Lipinski definition) is 2. The number of carbonyl (C=O) groups is 2. The van der Waals surface area contributed by atoms with E-state index < -0.39 is 11.9 Å². The highest BCUT2D eigenvalue weighted by molar-refractivity contribution is 6.05. The lowest BCUT2D eigenvalue weighted by Gasteiger charge is -2.10.